The highest BCUT2D eigenvalue weighted by Crippen LogP contribution is 2.63. The number of hydrogen-bond acceptors (Lipinski definition) is 1. The Morgan fingerprint density at radius 1 is 0.260 bits per heavy atom. The molecule has 0 unspecified atom stereocenters. The predicted molar refractivity (Wildman–Crippen MR) is 306 cm³/mol. The molecule has 0 saturated carbocycles. The summed E-state index contributed by atoms with van der Waals surface area (Å²) in [6.07, 6.45) is 0. The maximum absolute atomic E-state index is 2.49. The molecule has 0 atom stereocenters. The summed E-state index contributed by atoms with van der Waals surface area (Å²) < 4.78 is 2.37. The number of nitrogens with zero attached hydrogens (tertiary/aromatic N) is 2. The average molecular weight is 927 g/mol. The van der Waals surface area contributed by atoms with Gasteiger partial charge >= 0.3 is 0 Å². The highest BCUT2D eigenvalue weighted by Gasteiger charge is 2.51. The quantitative estimate of drug-likeness (QED) is 0.155. The van der Waals surface area contributed by atoms with E-state index in [9.17, 15) is 0 Å². The van der Waals surface area contributed by atoms with Crippen molar-refractivity contribution in [2.45, 2.75) is 5.41 Å². The Balaban J connectivity index is 0.851. The lowest BCUT2D eigenvalue weighted by Crippen LogP contribution is -2.26. The lowest BCUT2D eigenvalue weighted by atomic mass is 9.70. The second-order valence-corrected chi connectivity index (χ2v) is 19.6. The van der Waals surface area contributed by atoms with E-state index in [0.29, 0.717) is 0 Å². The Labute approximate surface area is 425 Å². The first-order chi connectivity index (χ1) is 36.2. The van der Waals surface area contributed by atoms with Crippen LogP contribution in [0.15, 0.2) is 279 Å². The third kappa shape index (κ3) is 6.30. The molecule has 2 aliphatic rings. The Kier molecular flexibility index (Phi) is 9.21. The molecule has 13 aromatic rings. The van der Waals surface area contributed by atoms with E-state index in [4.69, 9.17) is 0 Å². The van der Waals surface area contributed by atoms with Gasteiger partial charge < -0.3 is 9.47 Å². The normalized spacial score (nSPS) is 12.8. The number of para-hydroxylation sites is 2. The van der Waals surface area contributed by atoms with Crippen LogP contribution in [0.5, 0.6) is 0 Å². The molecule has 0 aliphatic heterocycles. The molecule has 12 aromatic carbocycles. The highest BCUT2D eigenvalue weighted by molar-refractivity contribution is 6.10. The van der Waals surface area contributed by atoms with E-state index in [2.05, 4.69) is 289 Å². The van der Waals surface area contributed by atoms with Gasteiger partial charge in [-0.1, -0.05) is 206 Å². The van der Waals surface area contributed by atoms with Gasteiger partial charge in [0.2, 0.25) is 0 Å². The van der Waals surface area contributed by atoms with Gasteiger partial charge in [0.05, 0.1) is 16.4 Å². The van der Waals surface area contributed by atoms with Gasteiger partial charge in [0, 0.05) is 33.5 Å². The monoisotopic (exact) mass is 926 g/mol. The third-order valence-electron chi connectivity index (χ3n) is 15.8. The molecule has 340 valence electrons. The molecule has 2 aliphatic carbocycles. The standard InChI is InChI=1S/C71H46N2/c1-2-18-55(19-3-1)73-69-28-13-9-24-63(69)64-45-54(37-42-70(64)73)49-31-29-48(30-32-49)52-17-14-20-57(44-52)72(56-38-35-50(36-39-56)53-34-33-47-15-4-5-16-51(47)43-53)58-40-41-62-61-23-8-12-27-67(61)71(68(62)46-58)65-25-10-6-21-59(65)60-22-7-11-26-66(60)71/h1-46H. The first kappa shape index (κ1) is 41.3. The van der Waals surface area contributed by atoms with Crippen molar-refractivity contribution in [3.8, 4) is 61.3 Å². The molecule has 0 bridgehead atoms. The van der Waals surface area contributed by atoms with E-state index >= 15 is 0 Å². The van der Waals surface area contributed by atoms with Gasteiger partial charge in [-0.05, 0) is 161 Å². The molecule has 0 fully saturated rings. The molecular weight excluding hydrogens is 881 g/mol. The summed E-state index contributed by atoms with van der Waals surface area (Å²) in [5.41, 5.74) is 24.1. The van der Waals surface area contributed by atoms with E-state index in [1.807, 2.05) is 0 Å². The minimum Gasteiger partial charge on any atom is -0.310 e. The molecule has 1 aromatic heterocycles. The summed E-state index contributed by atoms with van der Waals surface area (Å²) in [4.78, 5) is 2.45. The number of aromatic nitrogens is 1. The van der Waals surface area contributed by atoms with Gasteiger partial charge in [-0.15, -0.1) is 0 Å². The fourth-order valence-corrected chi connectivity index (χ4v) is 12.5. The van der Waals surface area contributed by atoms with Gasteiger partial charge in [0.1, 0.15) is 0 Å². The molecular formula is C71H46N2. The van der Waals surface area contributed by atoms with Crippen molar-refractivity contribution in [3.63, 3.8) is 0 Å². The SMILES string of the molecule is c1ccc(-n2c3ccccc3c3cc(-c4ccc(-c5cccc(N(c6ccc(-c7ccc8ccccc8c7)cc6)c6ccc7c(c6)C6(c8ccccc8-c8ccccc86)c6ccccc6-7)c5)cc4)ccc32)cc1. The highest BCUT2D eigenvalue weighted by atomic mass is 15.1. The first-order valence-corrected chi connectivity index (χ1v) is 25.3. The Morgan fingerprint density at radius 3 is 1.45 bits per heavy atom. The minimum atomic E-state index is -0.451. The fourth-order valence-electron chi connectivity index (χ4n) is 12.5. The van der Waals surface area contributed by atoms with E-state index in [0.717, 1.165) is 22.6 Å². The molecule has 0 amide bonds. The second-order valence-electron chi connectivity index (χ2n) is 19.6. The van der Waals surface area contributed by atoms with Crippen LogP contribution >= 0.6 is 0 Å². The third-order valence-corrected chi connectivity index (χ3v) is 15.8. The molecule has 15 rings (SSSR count). The zero-order valence-electron chi connectivity index (χ0n) is 40.0. The fraction of sp³-hybridized carbons (Fsp3) is 0.0141. The maximum atomic E-state index is 2.49. The lowest BCUT2D eigenvalue weighted by molar-refractivity contribution is 0.793. The lowest BCUT2D eigenvalue weighted by Gasteiger charge is -2.32. The maximum Gasteiger partial charge on any atom is 0.0726 e. The molecule has 0 radical (unpaired) electrons. The van der Waals surface area contributed by atoms with Gasteiger partial charge in [-0.2, -0.15) is 0 Å². The topological polar surface area (TPSA) is 8.17 Å². The minimum absolute atomic E-state index is 0.451. The van der Waals surface area contributed by atoms with Gasteiger partial charge in [0.15, 0.2) is 0 Å². The van der Waals surface area contributed by atoms with Crippen molar-refractivity contribution in [1.82, 2.24) is 4.57 Å². The number of anilines is 3. The van der Waals surface area contributed by atoms with Crippen molar-refractivity contribution < 1.29 is 0 Å². The molecule has 0 saturated heterocycles. The first-order valence-electron chi connectivity index (χ1n) is 25.3. The van der Waals surface area contributed by atoms with E-state index in [1.165, 1.54) is 111 Å². The van der Waals surface area contributed by atoms with Crippen LogP contribution in [0, 0.1) is 0 Å². The van der Waals surface area contributed by atoms with Crippen LogP contribution in [0.4, 0.5) is 17.1 Å². The predicted octanol–water partition coefficient (Wildman–Crippen LogP) is 18.8. The van der Waals surface area contributed by atoms with Crippen LogP contribution in [-0.2, 0) is 5.41 Å². The summed E-state index contributed by atoms with van der Waals surface area (Å²) in [7, 11) is 0. The number of fused-ring (bicyclic) bond motifs is 14. The smallest absolute Gasteiger partial charge is 0.0726 e. The van der Waals surface area contributed by atoms with E-state index in [1.54, 1.807) is 0 Å². The molecule has 2 heteroatoms. The summed E-state index contributed by atoms with van der Waals surface area (Å²) in [5.74, 6) is 0. The van der Waals surface area contributed by atoms with Crippen molar-refractivity contribution >= 4 is 49.6 Å². The zero-order valence-corrected chi connectivity index (χ0v) is 40.0. The van der Waals surface area contributed by atoms with Crippen molar-refractivity contribution in [2.24, 2.45) is 0 Å². The molecule has 0 N–H and O–H groups in total. The Bertz CT molecular complexity index is 4250. The van der Waals surface area contributed by atoms with Gasteiger partial charge in [-0.3, -0.25) is 0 Å². The summed E-state index contributed by atoms with van der Waals surface area (Å²) in [6, 6.07) is 103. The van der Waals surface area contributed by atoms with Crippen LogP contribution < -0.4 is 4.90 Å². The number of benzene rings is 12. The van der Waals surface area contributed by atoms with Crippen molar-refractivity contribution in [2.75, 3.05) is 4.90 Å². The van der Waals surface area contributed by atoms with Crippen LogP contribution in [0.25, 0.3) is 93.9 Å². The van der Waals surface area contributed by atoms with E-state index in [-0.39, 0.29) is 0 Å². The van der Waals surface area contributed by atoms with Crippen molar-refractivity contribution in [1.29, 1.82) is 0 Å². The van der Waals surface area contributed by atoms with Gasteiger partial charge in [-0.25, -0.2) is 0 Å². The zero-order chi connectivity index (χ0) is 48.0. The summed E-state index contributed by atoms with van der Waals surface area (Å²) >= 11 is 0. The number of rotatable bonds is 7. The van der Waals surface area contributed by atoms with E-state index < -0.39 is 5.41 Å². The van der Waals surface area contributed by atoms with Gasteiger partial charge in [0.25, 0.3) is 0 Å². The molecule has 2 nitrogen and oxygen atoms in total. The van der Waals surface area contributed by atoms with Crippen molar-refractivity contribution in [3.05, 3.63) is 301 Å². The molecule has 1 spiro atoms. The summed E-state index contributed by atoms with van der Waals surface area (Å²) in [5, 5.41) is 5.00. The second kappa shape index (κ2) is 16.3. The number of hydrogen-bond donors (Lipinski definition) is 0. The Morgan fingerprint density at radius 2 is 0.753 bits per heavy atom. The van der Waals surface area contributed by atoms with Crippen LogP contribution in [0.3, 0.4) is 0 Å². The average Bonchev–Trinajstić information content (AvgIpc) is 4.07. The molecule has 1 heterocycles. The molecule has 73 heavy (non-hydrogen) atoms. The largest absolute Gasteiger partial charge is 0.310 e. The Hall–Kier alpha value is -9.50. The van der Waals surface area contributed by atoms with Crippen LogP contribution in [0.1, 0.15) is 22.3 Å². The summed E-state index contributed by atoms with van der Waals surface area (Å²) in [6.45, 7) is 0. The van der Waals surface area contributed by atoms with Crippen LogP contribution in [-0.4, -0.2) is 4.57 Å². The van der Waals surface area contributed by atoms with Crippen LogP contribution in [0.2, 0.25) is 0 Å².